The second-order valence-corrected chi connectivity index (χ2v) is 5.34. The highest BCUT2D eigenvalue weighted by Crippen LogP contribution is 2.15. The van der Waals surface area contributed by atoms with Crippen LogP contribution in [0.5, 0.6) is 0 Å². The van der Waals surface area contributed by atoms with Gasteiger partial charge in [0.15, 0.2) is 0 Å². The quantitative estimate of drug-likeness (QED) is 0.616. The predicted octanol–water partition coefficient (Wildman–Crippen LogP) is 5.25. The maximum atomic E-state index is 3.52. The van der Waals surface area contributed by atoms with Crippen molar-refractivity contribution in [1.82, 2.24) is 4.57 Å². The molecule has 0 saturated carbocycles. The van der Waals surface area contributed by atoms with Gasteiger partial charge in [-0.1, -0.05) is 45.1 Å². The molecule has 2 aromatic rings. The van der Waals surface area contributed by atoms with E-state index in [1.165, 1.54) is 49.9 Å². The van der Waals surface area contributed by atoms with E-state index in [9.17, 15) is 0 Å². The third-order valence-electron chi connectivity index (χ3n) is 3.61. The van der Waals surface area contributed by atoms with Crippen LogP contribution < -0.4 is 5.32 Å². The number of hydrogen-bond acceptors (Lipinski definition) is 1. The first-order valence-electron chi connectivity index (χ1n) is 7.87. The Kier molecular flexibility index (Phi) is 6.22. The zero-order valence-corrected chi connectivity index (χ0v) is 12.5. The van der Waals surface area contributed by atoms with Crippen LogP contribution in [-0.2, 0) is 0 Å². The number of benzene rings is 1. The Hall–Kier alpha value is -1.70. The van der Waals surface area contributed by atoms with Crippen LogP contribution in [0.25, 0.3) is 5.69 Å². The highest BCUT2D eigenvalue weighted by molar-refractivity contribution is 5.51. The minimum atomic E-state index is 1.07. The molecule has 108 valence electrons. The second-order valence-electron chi connectivity index (χ2n) is 5.34. The van der Waals surface area contributed by atoms with Crippen LogP contribution in [0.4, 0.5) is 5.69 Å². The van der Waals surface area contributed by atoms with E-state index >= 15 is 0 Å². The molecule has 0 atom stereocenters. The van der Waals surface area contributed by atoms with Crippen molar-refractivity contribution in [2.75, 3.05) is 11.9 Å². The average molecular weight is 270 g/mol. The summed E-state index contributed by atoms with van der Waals surface area (Å²) in [5.74, 6) is 0. The molecule has 0 fully saturated rings. The van der Waals surface area contributed by atoms with Crippen molar-refractivity contribution in [2.45, 2.75) is 45.4 Å². The van der Waals surface area contributed by atoms with Gasteiger partial charge in [0.2, 0.25) is 0 Å². The number of nitrogens with one attached hydrogen (secondary N) is 1. The zero-order valence-electron chi connectivity index (χ0n) is 12.5. The van der Waals surface area contributed by atoms with Gasteiger partial charge in [0.1, 0.15) is 0 Å². The molecule has 0 saturated heterocycles. The Balaban J connectivity index is 1.72. The molecular weight excluding hydrogens is 244 g/mol. The molecule has 0 unspecified atom stereocenters. The van der Waals surface area contributed by atoms with E-state index in [0.717, 1.165) is 6.54 Å². The molecule has 2 heteroatoms. The van der Waals surface area contributed by atoms with Crippen LogP contribution in [0.2, 0.25) is 0 Å². The van der Waals surface area contributed by atoms with E-state index < -0.39 is 0 Å². The van der Waals surface area contributed by atoms with Gasteiger partial charge in [0.25, 0.3) is 0 Å². The molecule has 2 nitrogen and oxygen atoms in total. The molecule has 1 aromatic carbocycles. The van der Waals surface area contributed by atoms with Gasteiger partial charge in [-0.2, -0.15) is 0 Å². The van der Waals surface area contributed by atoms with Crippen LogP contribution >= 0.6 is 0 Å². The van der Waals surface area contributed by atoms with E-state index in [4.69, 9.17) is 0 Å². The van der Waals surface area contributed by atoms with Crippen molar-refractivity contribution in [1.29, 1.82) is 0 Å². The van der Waals surface area contributed by atoms with Gasteiger partial charge >= 0.3 is 0 Å². The Morgan fingerprint density at radius 2 is 1.65 bits per heavy atom. The lowest BCUT2D eigenvalue weighted by molar-refractivity contribution is 0.617. The van der Waals surface area contributed by atoms with Gasteiger partial charge in [-0.15, -0.1) is 0 Å². The summed E-state index contributed by atoms with van der Waals surface area (Å²) in [6.07, 6.45) is 12.2. The molecule has 0 spiro atoms. The molecule has 1 aromatic heterocycles. The summed E-state index contributed by atoms with van der Waals surface area (Å²) in [7, 11) is 0. The van der Waals surface area contributed by atoms with Gasteiger partial charge in [0, 0.05) is 30.3 Å². The first-order chi connectivity index (χ1) is 9.90. The molecule has 1 N–H and O–H groups in total. The molecule has 0 amide bonds. The third-order valence-corrected chi connectivity index (χ3v) is 3.61. The van der Waals surface area contributed by atoms with Crippen molar-refractivity contribution < 1.29 is 0 Å². The van der Waals surface area contributed by atoms with Gasteiger partial charge in [0.05, 0.1) is 0 Å². The first kappa shape index (κ1) is 14.7. The lowest BCUT2D eigenvalue weighted by atomic mass is 10.1. The van der Waals surface area contributed by atoms with Gasteiger partial charge < -0.3 is 9.88 Å². The normalized spacial score (nSPS) is 10.7. The standard InChI is InChI=1S/C18H26N2/c1-2-3-4-5-6-7-13-19-17-11-10-12-18(16-17)20-14-8-9-15-20/h8-12,14-16,19H,2-7,13H2,1H3. The topological polar surface area (TPSA) is 17.0 Å². The Morgan fingerprint density at radius 1 is 0.900 bits per heavy atom. The number of anilines is 1. The van der Waals surface area contributed by atoms with Crippen molar-refractivity contribution in [2.24, 2.45) is 0 Å². The lowest BCUT2D eigenvalue weighted by Gasteiger charge is -2.09. The van der Waals surface area contributed by atoms with E-state index in [1.807, 2.05) is 0 Å². The predicted molar refractivity (Wildman–Crippen MR) is 87.6 cm³/mol. The number of unbranched alkanes of at least 4 members (excludes halogenated alkanes) is 5. The van der Waals surface area contributed by atoms with Crippen molar-refractivity contribution in [3.8, 4) is 5.69 Å². The van der Waals surface area contributed by atoms with Crippen LogP contribution in [0.3, 0.4) is 0 Å². The highest BCUT2D eigenvalue weighted by Gasteiger charge is 1.97. The van der Waals surface area contributed by atoms with E-state index in [2.05, 4.69) is 65.6 Å². The third kappa shape index (κ3) is 4.76. The fourth-order valence-electron chi connectivity index (χ4n) is 2.42. The summed E-state index contributed by atoms with van der Waals surface area (Å²) >= 11 is 0. The Morgan fingerprint density at radius 3 is 2.45 bits per heavy atom. The summed E-state index contributed by atoms with van der Waals surface area (Å²) < 4.78 is 2.13. The van der Waals surface area contributed by atoms with Crippen molar-refractivity contribution >= 4 is 5.69 Å². The molecular formula is C18H26N2. The van der Waals surface area contributed by atoms with Crippen LogP contribution in [0.1, 0.15) is 45.4 Å². The number of nitrogens with zero attached hydrogens (tertiary/aromatic N) is 1. The summed E-state index contributed by atoms with van der Waals surface area (Å²) in [6.45, 7) is 3.33. The smallest absolute Gasteiger partial charge is 0.0469 e. The zero-order chi connectivity index (χ0) is 14.0. The Bertz CT molecular complexity index is 474. The minimum Gasteiger partial charge on any atom is -0.385 e. The summed E-state index contributed by atoms with van der Waals surface area (Å²) in [6, 6.07) is 12.7. The maximum absolute atomic E-state index is 3.52. The van der Waals surface area contributed by atoms with Gasteiger partial charge in [-0.3, -0.25) is 0 Å². The SMILES string of the molecule is CCCCCCCCNc1cccc(-n2cccc2)c1. The van der Waals surface area contributed by atoms with Crippen LogP contribution in [0.15, 0.2) is 48.8 Å². The number of rotatable bonds is 9. The lowest BCUT2D eigenvalue weighted by Crippen LogP contribution is -2.02. The van der Waals surface area contributed by atoms with Gasteiger partial charge in [-0.05, 0) is 36.8 Å². The summed E-state index contributed by atoms with van der Waals surface area (Å²) in [4.78, 5) is 0. The largest absolute Gasteiger partial charge is 0.385 e. The number of aromatic nitrogens is 1. The van der Waals surface area contributed by atoms with Crippen LogP contribution in [-0.4, -0.2) is 11.1 Å². The molecule has 0 aliphatic rings. The maximum Gasteiger partial charge on any atom is 0.0469 e. The molecule has 1 heterocycles. The van der Waals surface area contributed by atoms with E-state index in [-0.39, 0.29) is 0 Å². The Labute approximate surface area is 122 Å². The fourth-order valence-corrected chi connectivity index (χ4v) is 2.42. The molecule has 2 rings (SSSR count). The minimum absolute atomic E-state index is 1.07. The number of hydrogen-bond donors (Lipinski definition) is 1. The fraction of sp³-hybridized carbons (Fsp3) is 0.444. The molecule has 0 radical (unpaired) electrons. The van der Waals surface area contributed by atoms with Crippen LogP contribution in [0, 0.1) is 0 Å². The van der Waals surface area contributed by atoms with Gasteiger partial charge in [-0.25, -0.2) is 0 Å². The monoisotopic (exact) mass is 270 g/mol. The molecule has 0 bridgehead atoms. The summed E-state index contributed by atoms with van der Waals surface area (Å²) in [5, 5.41) is 3.52. The first-order valence-corrected chi connectivity index (χ1v) is 7.87. The van der Waals surface area contributed by atoms with E-state index in [0.29, 0.717) is 0 Å². The molecule has 0 aliphatic carbocycles. The van der Waals surface area contributed by atoms with Crippen molar-refractivity contribution in [3.63, 3.8) is 0 Å². The molecule has 0 aliphatic heterocycles. The van der Waals surface area contributed by atoms with Crippen molar-refractivity contribution in [3.05, 3.63) is 48.8 Å². The van der Waals surface area contributed by atoms with E-state index in [1.54, 1.807) is 0 Å². The summed E-state index contributed by atoms with van der Waals surface area (Å²) in [5.41, 5.74) is 2.42. The highest BCUT2D eigenvalue weighted by atomic mass is 14.9. The average Bonchev–Trinajstić information content (AvgIpc) is 3.01. The second kappa shape index (κ2) is 8.47. The molecule has 20 heavy (non-hydrogen) atoms.